The van der Waals surface area contributed by atoms with Crippen molar-refractivity contribution in [2.24, 2.45) is 0 Å². The van der Waals surface area contributed by atoms with Crippen molar-refractivity contribution in [3.63, 3.8) is 0 Å². The maximum absolute atomic E-state index is 4.97. The van der Waals surface area contributed by atoms with Gasteiger partial charge in [-0.25, -0.2) is 9.97 Å². The molecular formula is C29H20N6S. The molecule has 0 N–H and O–H groups in total. The Hall–Kier alpha value is -4.62. The van der Waals surface area contributed by atoms with Gasteiger partial charge >= 0.3 is 0 Å². The molecule has 6 nitrogen and oxygen atoms in total. The number of para-hydroxylation sites is 4. The molecule has 0 unspecified atom stereocenters. The summed E-state index contributed by atoms with van der Waals surface area (Å²) in [5.74, 6) is 1.65. The number of fused-ring (bicyclic) bond motifs is 2. The molecule has 5 aromatic heterocycles. The SMILES string of the molecule is Cc1cc(-n2c(-c3ccccn3)nc3ccccc32)sc1-n1c(-c2ccccn2)nc2ccccc21. The number of aryl methyl sites for hydroxylation is 1. The molecule has 172 valence electrons. The van der Waals surface area contributed by atoms with Gasteiger partial charge in [-0.15, -0.1) is 0 Å². The predicted octanol–water partition coefficient (Wildman–Crippen LogP) is 6.86. The van der Waals surface area contributed by atoms with Crippen LogP contribution in [0, 0.1) is 6.92 Å². The van der Waals surface area contributed by atoms with E-state index in [4.69, 9.17) is 9.97 Å². The minimum atomic E-state index is 0.824. The maximum atomic E-state index is 4.97. The maximum Gasteiger partial charge on any atom is 0.165 e. The van der Waals surface area contributed by atoms with Crippen molar-refractivity contribution in [3.8, 4) is 33.0 Å². The second kappa shape index (κ2) is 8.25. The number of rotatable bonds is 4. The van der Waals surface area contributed by atoms with Gasteiger partial charge < -0.3 is 0 Å². The van der Waals surface area contributed by atoms with E-state index in [2.05, 4.69) is 50.3 Å². The lowest BCUT2D eigenvalue weighted by molar-refractivity contribution is 1.09. The first-order valence-electron chi connectivity index (χ1n) is 11.7. The van der Waals surface area contributed by atoms with E-state index >= 15 is 0 Å². The Balaban J connectivity index is 1.49. The van der Waals surface area contributed by atoms with Crippen LogP contribution in [0.1, 0.15) is 5.56 Å². The Morgan fingerprint density at radius 3 is 1.72 bits per heavy atom. The number of thiophene rings is 1. The number of imidazole rings is 2. The van der Waals surface area contributed by atoms with E-state index in [9.17, 15) is 0 Å². The topological polar surface area (TPSA) is 61.4 Å². The molecule has 0 fully saturated rings. The number of benzene rings is 2. The quantitative estimate of drug-likeness (QED) is 0.274. The average molecular weight is 485 g/mol. The van der Waals surface area contributed by atoms with Crippen LogP contribution < -0.4 is 0 Å². The molecule has 7 heteroatoms. The summed E-state index contributed by atoms with van der Waals surface area (Å²) in [6.07, 6.45) is 3.61. The van der Waals surface area contributed by atoms with Crippen molar-refractivity contribution in [1.82, 2.24) is 29.1 Å². The van der Waals surface area contributed by atoms with Gasteiger partial charge in [-0.3, -0.25) is 19.1 Å². The van der Waals surface area contributed by atoms with E-state index in [-0.39, 0.29) is 0 Å². The molecular weight excluding hydrogens is 464 g/mol. The molecule has 7 rings (SSSR count). The lowest BCUT2D eigenvalue weighted by Crippen LogP contribution is -1.98. The third-order valence-corrected chi connectivity index (χ3v) is 7.42. The Labute approximate surface area is 211 Å². The number of hydrogen-bond acceptors (Lipinski definition) is 5. The van der Waals surface area contributed by atoms with Crippen LogP contribution in [0.2, 0.25) is 0 Å². The van der Waals surface area contributed by atoms with Gasteiger partial charge in [0.25, 0.3) is 0 Å². The molecule has 0 aliphatic heterocycles. The molecule has 0 aliphatic rings. The molecule has 36 heavy (non-hydrogen) atoms. The zero-order valence-electron chi connectivity index (χ0n) is 19.4. The second-order valence-corrected chi connectivity index (χ2v) is 9.53. The van der Waals surface area contributed by atoms with E-state index in [1.807, 2.05) is 72.9 Å². The van der Waals surface area contributed by atoms with E-state index in [0.717, 1.165) is 60.7 Å². The zero-order valence-corrected chi connectivity index (χ0v) is 20.2. The van der Waals surface area contributed by atoms with Gasteiger partial charge in [0.1, 0.15) is 21.4 Å². The standard InChI is InChI=1S/C29H20N6S/c1-19-18-26(34-24-14-4-2-10-20(24)32-27(34)22-12-6-8-16-30-22)36-29(19)35-25-15-5-3-11-21(25)33-28(35)23-13-7-9-17-31-23/h2-18H,1H3. The summed E-state index contributed by atoms with van der Waals surface area (Å²) >= 11 is 1.71. The fourth-order valence-corrected chi connectivity index (χ4v) is 5.81. The van der Waals surface area contributed by atoms with Gasteiger partial charge in [-0.05, 0) is 67.1 Å². The molecule has 5 heterocycles. The van der Waals surface area contributed by atoms with E-state index in [1.54, 1.807) is 17.5 Å². The summed E-state index contributed by atoms with van der Waals surface area (Å²) in [5, 5.41) is 2.17. The third kappa shape index (κ3) is 3.25. The van der Waals surface area contributed by atoms with Crippen LogP contribution in [-0.2, 0) is 0 Å². The van der Waals surface area contributed by atoms with Crippen LogP contribution in [0.25, 0.3) is 55.1 Å². The third-order valence-electron chi connectivity index (χ3n) is 6.21. The summed E-state index contributed by atoms with van der Waals surface area (Å²) in [4.78, 5) is 19.1. The van der Waals surface area contributed by atoms with Crippen molar-refractivity contribution in [2.75, 3.05) is 0 Å². The molecule has 0 spiro atoms. The predicted molar refractivity (Wildman–Crippen MR) is 145 cm³/mol. The van der Waals surface area contributed by atoms with Crippen LogP contribution >= 0.6 is 11.3 Å². The molecule has 0 radical (unpaired) electrons. The molecule has 2 aromatic carbocycles. The smallest absolute Gasteiger partial charge is 0.165 e. The molecule has 0 atom stereocenters. The summed E-state index contributed by atoms with van der Waals surface area (Å²) in [5.41, 5.74) is 6.80. The fraction of sp³-hybridized carbons (Fsp3) is 0.0345. The van der Waals surface area contributed by atoms with Gasteiger partial charge in [0.05, 0.1) is 22.1 Å². The Morgan fingerprint density at radius 2 is 1.14 bits per heavy atom. The summed E-state index contributed by atoms with van der Waals surface area (Å²) in [6.45, 7) is 2.14. The minimum absolute atomic E-state index is 0.824. The molecule has 0 saturated carbocycles. The molecule has 0 amide bonds. The second-order valence-electron chi connectivity index (χ2n) is 8.52. The van der Waals surface area contributed by atoms with Crippen molar-refractivity contribution >= 4 is 33.4 Å². The van der Waals surface area contributed by atoms with Gasteiger partial charge in [-0.1, -0.05) is 47.7 Å². The van der Waals surface area contributed by atoms with E-state index in [0.29, 0.717) is 0 Å². The first-order valence-corrected chi connectivity index (χ1v) is 12.5. The molecule has 0 saturated heterocycles. The van der Waals surface area contributed by atoms with E-state index < -0.39 is 0 Å². The lowest BCUT2D eigenvalue weighted by Gasteiger charge is -2.08. The number of aromatic nitrogens is 6. The van der Waals surface area contributed by atoms with Gasteiger partial charge in [0, 0.05) is 12.4 Å². The van der Waals surface area contributed by atoms with Crippen molar-refractivity contribution in [3.05, 3.63) is 109 Å². The molecule has 0 aliphatic carbocycles. The summed E-state index contributed by atoms with van der Waals surface area (Å²) in [7, 11) is 0. The highest BCUT2D eigenvalue weighted by Gasteiger charge is 2.21. The van der Waals surface area contributed by atoms with Gasteiger partial charge in [-0.2, -0.15) is 0 Å². The largest absolute Gasteiger partial charge is 0.282 e. The van der Waals surface area contributed by atoms with Crippen LogP contribution in [0.15, 0.2) is 103 Å². The van der Waals surface area contributed by atoms with Gasteiger partial charge in [0.15, 0.2) is 11.6 Å². The fourth-order valence-electron chi connectivity index (χ4n) is 4.60. The number of hydrogen-bond donors (Lipinski definition) is 0. The minimum Gasteiger partial charge on any atom is -0.282 e. The first kappa shape index (κ1) is 20.7. The normalized spacial score (nSPS) is 11.5. The Morgan fingerprint density at radius 1 is 0.611 bits per heavy atom. The molecule has 0 bridgehead atoms. The number of pyridine rings is 2. The summed E-state index contributed by atoms with van der Waals surface area (Å²) < 4.78 is 4.43. The van der Waals surface area contributed by atoms with Crippen molar-refractivity contribution in [1.29, 1.82) is 0 Å². The number of nitrogens with zero attached hydrogens (tertiary/aromatic N) is 6. The van der Waals surface area contributed by atoms with Crippen molar-refractivity contribution < 1.29 is 0 Å². The van der Waals surface area contributed by atoms with E-state index in [1.165, 1.54) is 0 Å². The monoisotopic (exact) mass is 484 g/mol. The first-order chi connectivity index (χ1) is 17.8. The van der Waals surface area contributed by atoms with Crippen LogP contribution in [-0.4, -0.2) is 29.1 Å². The zero-order chi connectivity index (χ0) is 24.1. The van der Waals surface area contributed by atoms with Crippen LogP contribution in [0.5, 0.6) is 0 Å². The highest BCUT2D eigenvalue weighted by atomic mass is 32.1. The van der Waals surface area contributed by atoms with Crippen molar-refractivity contribution in [2.45, 2.75) is 6.92 Å². The van der Waals surface area contributed by atoms with Crippen LogP contribution in [0.3, 0.4) is 0 Å². The molecule has 7 aromatic rings. The Kier molecular flexibility index (Phi) is 4.75. The highest BCUT2D eigenvalue weighted by Crippen LogP contribution is 2.38. The summed E-state index contributed by atoms with van der Waals surface area (Å²) in [6, 6.07) is 30.5. The lowest BCUT2D eigenvalue weighted by atomic mass is 10.3. The Bertz CT molecular complexity index is 1850. The van der Waals surface area contributed by atoms with Crippen LogP contribution in [0.4, 0.5) is 0 Å². The van der Waals surface area contributed by atoms with Gasteiger partial charge in [0.2, 0.25) is 0 Å². The highest BCUT2D eigenvalue weighted by molar-refractivity contribution is 7.17. The average Bonchev–Trinajstić information content (AvgIpc) is 3.62.